The Balaban J connectivity index is 2.14. The zero-order valence-electron chi connectivity index (χ0n) is 8.36. The van der Waals surface area contributed by atoms with Crippen LogP contribution < -0.4 is 5.73 Å². The van der Waals surface area contributed by atoms with E-state index in [1.54, 1.807) is 6.20 Å². The molecule has 16 heavy (non-hydrogen) atoms. The van der Waals surface area contributed by atoms with E-state index in [1.807, 2.05) is 24.4 Å². The average molecular weight is 273 g/mol. The summed E-state index contributed by atoms with van der Waals surface area (Å²) in [5.41, 5.74) is 8.07. The lowest BCUT2D eigenvalue weighted by Gasteiger charge is -2.10. The Kier molecular flexibility index (Phi) is 3.82. The first kappa shape index (κ1) is 11.9. The summed E-state index contributed by atoms with van der Waals surface area (Å²) in [5.74, 6) is 0. The molecule has 2 rings (SSSR count). The number of hydrogen-bond acceptors (Lipinski definition) is 3. The number of nitrogens with two attached hydrogens (primary N) is 1. The van der Waals surface area contributed by atoms with Crippen LogP contribution in [-0.4, -0.2) is 4.98 Å². The Labute approximate surface area is 108 Å². The van der Waals surface area contributed by atoms with Crippen LogP contribution in [0, 0.1) is 0 Å². The van der Waals surface area contributed by atoms with E-state index in [2.05, 4.69) is 4.98 Å². The molecule has 2 heterocycles. The topological polar surface area (TPSA) is 38.9 Å². The van der Waals surface area contributed by atoms with E-state index >= 15 is 0 Å². The first-order valence-corrected chi connectivity index (χ1v) is 6.33. The summed E-state index contributed by atoms with van der Waals surface area (Å²) in [6.45, 7) is 0. The van der Waals surface area contributed by atoms with Gasteiger partial charge in [-0.15, -0.1) is 11.3 Å². The maximum absolute atomic E-state index is 6.08. The van der Waals surface area contributed by atoms with Crippen molar-refractivity contribution in [3.8, 4) is 0 Å². The predicted molar refractivity (Wildman–Crippen MR) is 69.2 cm³/mol. The van der Waals surface area contributed by atoms with Crippen LogP contribution in [0.1, 0.15) is 17.2 Å². The third kappa shape index (κ3) is 2.74. The van der Waals surface area contributed by atoms with Crippen molar-refractivity contribution >= 4 is 34.5 Å². The second-order valence-corrected chi connectivity index (χ2v) is 5.74. The highest BCUT2D eigenvalue weighted by Crippen LogP contribution is 2.35. The van der Waals surface area contributed by atoms with Crippen LogP contribution in [-0.2, 0) is 6.42 Å². The molecule has 0 amide bonds. The first-order valence-electron chi connectivity index (χ1n) is 4.76. The number of halogens is 2. The average Bonchev–Trinajstić information content (AvgIpc) is 2.59. The molecule has 2 aromatic heterocycles. The molecule has 0 aliphatic rings. The van der Waals surface area contributed by atoms with E-state index < -0.39 is 0 Å². The van der Waals surface area contributed by atoms with E-state index in [1.165, 1.54) is 11.3 Å². The van der Waals surface area contributed by atoms with Crippen molar-refractivity contribution in [2.75, 3.05) is 0 Å². The maximum Gasteiger partial charge on any atom is 0.0992 e. The molecular weight excluding hydrogens is 263 g/mol. The fraction of sp³-hybridized carbons (Fsp3) is 0.182. The summed E-state index contributed by atoms with van der Waals surface area (Å²) in [4.78, 5) is 4.05. The molecule has 84 valence electrons. The lowest BCUT2D eigenvalue weighted by molar-refractivity contribution is 0.723. The van der Waals surface area contributed by atoms with Gasteiger partial charge in [-0.2, -0.15) is 0 Å². The van der Waals surface area contributed by atoms with Gasteiger partial charge in [0, 0.05) is 24.0 Å². The summed E-state index contributed by atoms with van der Waals surface area (Å²) in [6, 6.07) is 5.58. The van der Waals surface area contributed by atoms with Gasteiger partial charge in [0.25, 0.3) is 0 Å². The third-order valence-electron chi connectivity index (χ3n) is 2.26. The number of aromatic nitrogens is 1. The highest BCUT2D eigenvalue weighted by atomic mass is 35.5. The summed E-state index contributed by atoms with van der Waals surface area (Å²) in [5, 5.41) is 0. The van der Waals surface area contributed by atoms with E-state index in [-0.39, 0.29) is 6.04 Å². The SMILES string of the molecule is NC(Cc1cccnc1)c1cc(Cl)sc1Cl. The van der Waals surface area contributed by atoms with E-state index in [9.17, 15) is 0 Å². The molecule has 0 saturated heterocycles. The molecule has 0 radical (unpaired) electrons. The molecule has 2 aromatic rings. The Bertz CT molecular complexity index is 470. The standard InChI is InChI=1S/C11H10Cl2N2S/c12-10-5-8(11(13)16-10)9(14)4-7-2-1-3-15-6-7/h1-3,5-6,9H,4,14H2. The smallest absolute Gasteiger partial charge is 0.0992 e. The number of hydrogen-bond donors (Lipinski definition) is 1. The van der Waals surface area contributed by atoms with Crippen LogP contribution >= 0.6 is 34.5 Å². The zero-order chi connectivity index (χ0) is 11.5. The van der Waals surface area contributed by atoms with Crippen molar-refractivity contribution in [1.29, 1.82) is 0 Å². The van der Waals surface area contributed by atoms with Crippen molar-refractivity contribution in [3.63, 3.8) is 0 Å². The minimum absolute atomic E-state index is 0.138. The minimum Gasteiger partial charge on any atom is -0.324 e. The predicted octanol–water partition coefficient (Wildman–Crippen LogP) is 3.69. The molecule has 0 aliphatic carbocycles. The van der Waals surface area contributed by atoms with Gasteiger partial charge in [0.2, 0.25) is 0 Å². The Morgan fingerprint density at radius 2 is 2.25 bits per heavy atom. The van der Waals surface area contributed by atoms with Crippen LogP contribution in [0.4, 0.5) is 0 Å². The van der Waals surface area contributed by atoms with Crippen LogP contribution in [0.15, 0.2) is 30.6 Å². The summed E-state index contributed by atoms with van der Waals surface area (Å²) >= 11 is 13.3. The van der Waals surface area contributed by atoms with Gasteiger partial charge in [-0.25, -0.2) is 0 Å². The second kappa shape index (κ2) is 5.15. The molecule has 0 fully saturated rings. The van der Waals surface area contributed by atoms with Crippen molar-refractivity contribution in [2.45, 2.75) is 12.5 Å². The normalized spacial score (nSPS) is 12.7. The van der Waals surface area contributed by atoms with E-state index in [4.69, 9.17) is 28.9 Å². The van der Waals surface area contributed by atoms with Gasteiger partial charge in [-0.3, -0.25) is 4.98 Å². The van der Waals surface area contributed by atoms with Crippen LogP contribution in [0.25, 0.3) is 0 Å². The van der Waals surface area contributed by atoms with Crippen molar-refractivity contribution in [3.05, 3.63) is 50.4 Å². The second-order valence-electron chi connectivity index (χ2n) is 3.45. The van der Waals surface area contributed by atoms with E-state index in [0.29, 0.717) is 15.1 Å². The van der Waals surface area contributed by atoms with Gasteiger partial charge in [0.05, 0.1) is 8.67 Å². The molecule has 0 aromatic carbocycles. The van der Waals surface area contributed by atoms with Gasteiger partial charge in [-0.05, 0) is 24.1 Å². The maximum atomic E-state index is 6.08. The fourth-order valence-electron chi connectivity index (χ4n) is 1.49. The van der Waals surface area contributed by atoms with Crippen LogP contribution in [0.5, 0.6) is 0 Å². The highest BCUT2D eigenvalue weighted by molar-refractivity contribution is 7.20. The third-order valence-corrected chi connectivity index (χ3v) is 3.78. The number of nitrogens with zero attached hydrogens (tertiary/aromatic N) is 1. The Hall–Kier alpha value is -0.610. The highest BCUT2D eigenvalue weighted by Gasteiger charge is 2.14. The minimum atomic E-state index is -0.138. The molecule has 0 aliphatic heterocycles. The largest absolute Gasteiger partial charge is 0.324 e. The molecule has 0 bridgehead atoms. The number of pyridine rings is 1. The van der Waals surface area contributed by atoms with Gasteiger partial charge in [0.15, 0.2) is 0 Å². The summed E-state index contributed by atoms with van der Waals surface area (Å²) in [6.07, 6.45) is 4.26. The fourth-order valence-corrected chi connectivity index (χ4v) is 3.09. The molecule has 0 spiro atoms. The molecule has 0 saturated carbocycles. The Morgan fingerprint density at radius 3 is 2.81 bits per heavy atom. The van der Waals surface area contributed by atoms with Crippen LogP contribution in [0.3, 0.4) is 0 Å². The van der Waals surface area contributed by atoms with Gasteiger partial charge >= 0.3 is 0 Å². The van der Waals surface area contributed by atoms with E-state index in [0.717, 1.165) is 11.1 Å². The molecular formula is C11H10Cl2N2S. The van der Waals surface area contributed by atoms with Crippen molar-refractivity contribution in [2.24, 2.45) is 5.73 Å². The monoisotopic (exact) mass is 272 g/mol. The molecule has 5 heteroatoms. The first-order chi connectivity index (χ1) is 7.66. The quantitative estimate of drug-likeness (QED) is 0.926. The summed E-state index contributed by atoms with van der Waals surface area (Å²) in [7, 11) is 0. The Morgan fingerprint density at radius 1 is 1.44 bits per heavy atom. The molecule has 1 atom stereocenters. The molecule has 2 N–H and O–H groups in total. The van der Waals surface area contributed by atoms with Crippen LogP contribution in [0.2, 0.25) is 8.67 Å². The van der Waals surface area contributed by atoms with Crippen molar-refractivity contribution in [1.82, 2.24) is 4.98 Å². The molecule has 1 unspecified atom stereocenters. The lowest BCUT2D eigenvalue weighted by atomic mass is 10.0. The number of rotatable bonds is 3. The van der Waals surface area contributed by atoms with Crippen molar-refractivity contribution < 1.29 is 0 Å². The zero-order valence-corrected chi connectivity index (χ0v) is 10.7. The van der Waals surface area contributed by atoms with Gasteiger partial charge in [0.1, 0.15) is 0 Å². The van der Waals surface area contributed by atoms with Gasteiger partial charge in [-0.1, -0.05) is 29.3 Å². The molecule has 2 nitrogen and oxygen atoms in total. The summed E-state index contributed by atoms with van der Waals surface area (Å²) < 4.78 is 1.34. The lowest BCUT2D eigenvalue weighted by Crippen LogP contribution is -2.12. The number of thiophene rings is 1. The van der Waals surface area contributed by atoms with Gasteiger partial charge < -0.3 is 5.73 Å².